The molecule has 4 N–H and O–H groups in total. The Morgan fingerprint density at radius 3 is 2.65 bits per heavy atom. The number of benzene rings is 2. The zero-order valence-corrected chi connectivity index (χ0v) is 17.2. The van der Waals surface area contributed by atoms with Crippen LogP contribution in [0, 0.1) is 0 Å². The number of hydrogen-bond donors (Lipinski definition) is 4. The van der Waals surface area contributed by atoms with Gasteiger partial charge in [0, 0.05) is 29.3 Å². The molecule has 8 nitrogen and oxygen atoms in total. The van der Waals surface area contributed by atoms with E-state index >= 15 is 0 Å². The Morgan fingerprint density at radius 1 is 1.19 bits per heavy atom. The molecular formula is C23H24O8. The van der Waals surface area contributed by atoms with Gasteiger partial charge < -0.3 is 34.3 Å². The first-order valence-corrected chi connectivity index (χ1v) is 9.62. The van der Waals surface area contributed by atoms with E-state index in [4.69, 9.17) is 19.0 Å². The highest BCUT2D eigenvalue weighted by molar-refractivity contribution is 5.86. The fraction of sp³-hybridized carbons (Fsp3) is 0.261. The molecule has 0 amide bonds. The number of phenols is 2. The van der Waals surface area contributed by atoms with Gasteiger partial charge in [-0.3, -0.25) is 4.79 Å². The summed E-state index contributed by atoms with van der Waals surface area (Å²) in [5, 5.41) is 39.2. The van der Waals surface area contributed by atoms with Crippen molar-refractivity contribution in [1.29, 1.82) is 0 Å². The summed E-state index contributed by atoms with van der Waals surface area (Å²) < 4.78 is 16.4. The highest BCUT2D eigenvalue weighted by Gasteiger charge is 2.18. The molecule has 1 unspecified atom stereocenters. The van der Waals surface area contributed by atoms with Crippen molar-refractivity contribution in [3.05, 3.63) is 58.3 Å². The van der Waals surface area contributed by atoms with Crippen LogP contribution in [0.1, 0.15) is 12.5 Å². The first-order chi connectivity index (χ1) is 14.9. The molecule has 3 aromatic rings. The Hall–Kier alpha value is -3.49. The summed E-state index contributed by atoms with van der Waals surface area (Å²) in [5.41, 5.74) is 0.617. The molecule has 3 rings (SSSR count). The number of hydrogen-bond acceptors (Lipinski definition) is 8. The summed E-state index contributed by atoms with van der Waals surface area (Å²) in [6.45, 7) is 1.17. The molecule has 1 heterocycles. The number of methoxy groups -OCH3 is 1. The highest BCUT2D eigenvalue weighted by Crippen LogP contribution is 2.39. The lowest BCUT2D eigenvalue weighted by atomic mass is 9.99. The van der Waals surface area contributed by atoms with Gasteiger partial charge in [0.15, 0.2) is 16.9 Å². The molecule has 31 heavy (non-hydrogen) atoms. The minimum Gasteiger partial charge on any atom is -0.507 e. The predicted molar refractivity (Wildman–Crippen MR) is 115 cm³/mol. The molecule has 0 spiro atoms. The van der Waals surface area contributed by atoms with E-state index in [2.05, 4.69) is 0 Å². The summed E-state index contributed by atoms with van der Waals surface area (Å²) in [6, 6.07) is 7.15. The molecule has 0 radical (unpaired) electrons. The fourth-order valence-electron chi connectivity index (χ4n) is 3.16. The number of rotatable bonds is 8. The summed E-state index contributed by atoms with van der Waals surface area (Å²) >= 11 is 0. The zero-order valence-electron chi connectivity index (χ0n) is 17.2. The molecule has 164 valence electrons. The zero-order chi connectivity index (χ0) is 22.5. The number of allylic oxidation sites excluding steroid dienone is 2. The molecular weight excluding hydrogens is 404 g/mol. The van der Waals surface area contributed by atoms with Crippen LogP contribution in [0.2, 0.25) is 0 Å². The molecule has 0 aliphatic rings. The van der Waals surface area contributed by atoms with Crippen LogP contribution in [-0.4, -0.2) is 46.9 Å². The number of phenolic OH excluding ortho intramolecular Hbond substituents is 2. The van der Waals surface area contributed by atoms with E-state index in [0.29, 0.717) is 23.3 Å². The summed E-state index contributed by atoms with van der Waals surface area (Å²) in [4.78, 5) is 12.7. The van der Waals surface area contributed by atoms with E-state index in [1.807, 2.05) is 19.1 Å². The second-order valence-corrected chi connectivity index (χ2v) is 6.85. The molecule has 0 aliphatic heterocycles. The number of fused-ring (bicyclic) bond motifs is 1. The average Bonchev–Trinajstić information content (AvgIpc) is 2.75. The van der Waals surface area contributed by atoms with Crippen molar-refractivity contribution in [2.45, 2.75) is 19.4 Å². The van der Waals surface area contributed by atoms with E-state index in [1.165, 1.54) is 25.3 Å². The lowest BCUT2D eigenvalue weighted by molar-refractivity contribution is 0.0535. The Kier molecular flexibility index (Phi) is 6.84. The third-order valence-electron chi connectivity index (χ3n) is 4.73. The van der Waals surface area contributed by atoms with Gasteiger partial charge in [0.2, 0.25) is 0 Å². The third-order valence-corrected chi connectivity index (χ3v) is 4.73. The maximum Gasteiger partial charge on any atom is 0.197 e. The van der Waals surface area contributed by atoms with Gasteiger partial charge in [0.25, 0.3) is 0 Å². The van der Waals surface area contributed by atoms with Crippen LogP contribution in [-0.2, 0) is 6.42 Å². The van der Waals surface area contributed by atoms with Crippen molar-refractivity contribution in [1.82, 2.24) is 0 Å². The van der Waals surface area contributed by atoms with Crippen LogP contribution in [0.15, 0.2) is 51.7 Å². The molecule has 8 heteroatoms. The van der Waals surface area contributed by atoms with Gasteiger partial charge in [-0.1, -0.05) is 12.2 Å². The Balaban J connectivity index is 2.15. The third kappa shape index (κ3) is 4.65. The van der Waals surface area contributed by atoms with E-state index < -0.39 is 18.1 Å². The molecule has 0 aliphatic carbocycles. The lowest BCUT2D eigenvalue weighted by Gasteiger charge is -2.14. The molecule has 2 aromatic carbocycles. The van der Waals surface area contributed by atoms with E-state index in [1.54, 1.807) is 12.1 Å². The van der Waals surface area contributed by atoms with Crippen LogP contribution >= 0.6 is 0 Å². The van der Waals surface area contributed by atoms with Gasteiger partial charge >= 0.3 is 0 Å². The van der Waals surface area contributed by atoms with Crippen molar-refractivity contribution < 1.29 is 34.3 Å². The first-order valence-electron chi connectivity index (χ1n) is 9.62. The van der Waals surface area contributed by atoms with Crippen molar-refractivity contribution in [3.8, 4) is 34.3 Å². The minimum absolute atomic E-state index is 0.0217. The smallest absolute Gasteiger partial charge is 0.197 e. The van der Waals surface area contributed by atoms with Crippen molar-refractivity contribution in [2.75, 3.05) is 20.3 Å². The first kappa shape index (κ1) is 22.2. The molecule has 0 bridgehead atoms. The standard InChI is InChI=1S/C23H24O8/c1-3-4-5-16-15(6-7-19(29-2)23(16)28)20-10-18(27)22-17(26)8-14(9-21(22)31-20)30-12-13(25)11-24/h3-4,6-10,13,24-26,28H,5,11-12H2,1-2H3/b4-3+. The van der Waals surface area contributed by atoms with E-state index in [-0.39, 0.29) is 40.6 Å². The number of aromatic hydroxyl groups is 2. The topological polar surface area (TPSA) is 130 Å². The Bertz CT molecular complexity index is 1160. The Labute approximate surface area is 178 Å². The largest absolute Gasteiger partial charge is 0.507 e. The average molecular weight is 428 g/mol. The highest BCUT2D eigenvalue weighted by atomic mass is 16.5. The molecule has 1 aromatic heterocycles. The van der Waals surface area contributed by atoms with Gasteiger partial charge in [-0.05, 0) is 25.5 Å². The number of ether oxygens (including phenoxy) is 2. The van der Waals surface area contributed by atoms with E-state index in [9.17, 15) is 20.1 Å². The molecule has 0 fully saturated rings. The predicted octanol–water partition coefficient (Wildman–Crippen LogP) is 2.73. The summed E-state index contributed by atoms with van der Waals surface area (Å²) in [6.07, 6.45) is 2.97. The molecule has 0 saturated carbocycles. The Morgan fingerprint density at radius 2 is 1.97 bits per heavy atom. The maximum absolute atomic E-state index is 12.7. The quantitative estimate of drug-likeness (QED) is 0.403. The second-order valence-electron chi connectivity index (χ2n) is 6.85. The number of aliphatic hydroxyl groups is 2. The van der Waals surface area contributed by atoms with E-state index in [0.717, 1.165) is 0 Å². The normalized spacial score (nSPS) is 12.4. The van der Waals surface area contributed by atoms with Gasteiger partial charge in [-0.15, -0.1) is 0 Å². The van der Waals surface area contributed by atoms with Gasteiger partial charge in [0.05, 0.1) is 13.7 Å². The second kappa shape index (κ2) is 9.55. The van der Waals surface area contributed by atoms with Crippen LogP contribution in [0.25, 0.3) is 22.3 Å². The van der Waals surface area contributed by atoms with Crippen LogP contribution in [0.5, 0.6) is 23.0 Å². The van der Waals surface area contributed by atoms with Crippen molar-refractivity contribution >= 4 is 11.0 Å². The SMILES string of the molecule is C/C=C/Cc1c(-c2cc(=O)c3c(O)cc(OCC(O)CO)cc3o2)ccc(OC)c1O. The van der Waals surface area contributed by atoms with Crippen LogP contribution in [0.4, 0.5) is 0 Å². The monoisotopic (exact) mass is 428 g/mol. The van der Waals surface area contributed by atoms with Crippen LogP contribution in [0.3, 0.4) is 0 Å². The minimum atomic E-state index is -1.09. The fourth-order valence-corrected chi connectivity index (χ4v) is 3.16. The molecule has 0 saturated heterocycles. The van der Waals surface area contributed by atoms with Crippen molar-refractivity contribution in [3.63, 3.8) is 0 Å². The lowest BCUT2D eigenvalue weighted by Crippen LogP contribution is -2.21. The van der Waals surface area contributed by atoms with Gasteiger partial charge in [-0.25, -0.2) is 0 Å². The summed E-state index contributed by atoms with van der Waals surface area (Å²) in [7, 11) is 1.45. The van der Waals surface area contributed by atoms with Gasteiger partial charge in [-0.2, -0.15) is 0 Å². The number of aliphatic hydroxyl groups excluding tert-OH is 2. The van der Waals surface area contributed by atoms with Crippen molar-refractivity contribution in [2.24, 2.45) is 0 Å². The van der Waals surface area contributed by atoms with Gasteiger partial charge in [0.1, 0.15) is 40.9 Å². The summed E-state index contributed by atoms with van der Waals surface area (Å²) in [5.74, 6) is 0.255. The van der Waals surface area contributed by atoms with Crippen LogP contribution < -0.4 is 14.9 Å². The molecule has 1 atom stereocenters. The maximum atomic E-state index is 12.7.